The van der Waals surface area contributed by atoms with E-state index in [9.17, 15) is 33.6 Å². The molecule has 0 unspecified atom stereocenters. The average molecular weight is 1040 g/mol. The Morgan fingerprint density at radius 2 is 1.17 bits per heavy atom. The Morgan fingerprint density at radius 1 is 0.658 bits per heavy atom. The maximum Gasteiger partial charge on any atom is 0.276 e. The summed E-state index contributed by atoms with van der Waals surface area (Å²) in [5, 5.41) is 14.7. The zero-order chi connectivity index (χ0) is 54.2. The largest absolute Gasteiger partial charge is 0.494 e. The van der Waals surface area contributed by atoms with E-state index in [1.165, 1.54) is 36.3 Å². The van der Waals surface area contributed by atoms with Gasteiger partial charge in [0, 0.05) is 95.1 Å². The second-order valence-electron chi connectivity index (χ2n) is 18.5. The van der Waals surface area contributed by atoms with Crippen molar-refractivity contribution in [2.45, 2.75) is 86.0 Å². The van der Waals surface area contributed by atoms with Gasteiger partial charge in [-0.15, -0.1) is 0 Å². The van der Waals surface area contributed by atoms with Crippen LogP contribution in [0.4, 0.5) is 11.9 Å². The molecule has 2 aliphatic rings. The number of piperazine rings is 1. The third-order valence-corrected chi connectivity index (χ3v) is 13.2. The summed E-state index contributed by atoms with van der Waals surface area (Å²) in [6, 6.07) is 9.50. The first-order valence-electron chi connectivity index (χ1n) is 25.3. The Bertz CT molecular complexity index is 3260. The number of imide groups is 1. The molecule has 2 aromatic carbocycles. The third-order valence-electron chi connectivity index (χ3n) is 13.2. The van der Waals surface area contributed by atoms with E-state index >= 15 is 0 Å². The first-order chi connectivity index (χ1) is 36.6. The van der Waals surface area contributed by atoms with Crippen LogP contribution in [0, 0.1) is 13.8 Å². The lowest BCUT2D eigenvalue weighted by Crippen LogP contribution is -2.48. The lowest BCUT2D eigenvalue weighted by molar-refractivity contribution is -0.137. The highest BCUT2D eigenvalue weighted by molar-refractivity contribution is 6.13. The number of hydrogen-bond acceptors (Lipinski definition) is 14. The molecule has 0 bridgehead atoms. The first-order valence-corrected chi connectivity index (χ1v) is 25.3. The number of nitrogens with one attached hydrogen (secondary N) is 2. The van der Waals surface area contributed by atoms with Gasteiger partial charge in [0.15, 0.2) is 0 Å². The summed E-state index contributed by atoms with van der Waals surface area (Å²) >= 11 is 0. The van der Waals surface area contributed by atoms with Crippen LogP contribution in [0.25, 0.3) is 22.1 Å². The Balaban J connectivity index is 1.000. The van der Waals surface area contributed by atoms with Crippen LogP contribution in [0.3, 0.4) is 0 Å². The van der Waals surface area contributed by atoms with E-state index in [1.807, 2.05) is 30.9 Å². The highest BCUT2D eigenvalue weighted by Crippen LogP contribution is 2.33. The molecule has 400 valence electrons. The highest BCUT2D eigenvalue weighted by atomic mass is 16.5. The van der Waals surface area contributed by atoms with Gasteiger partial charge in [0.25, 0.3) is 23.6 Å². The van der Waals surface area contributed by atoms with Crippen LogP contribution in [-0.4, -0.2) is 148 Å². The van der Waals surface area contributed by atoms with Crippen molar-refractivity contribution in [2.24, 2.45) is 11.5 Å². The molecule has 24 heteroatoms. The summed E-state index contributed by atoms with van der Waals surface area (Å²) in [6.07, 6.45) is 9.28. The van der Waals surface area contributed by atoms with Crippen LogP contribution in [0.15, 0.2) is 60.7 Å². The molecule has 2 aliphatic heterocycles. The predicted octanol–water partition coefficient (Wildman–Crippen LogP) is 3.80. The third kappa shape index (κ3) is 12.0. The number of aryl methyl sites for hydroxylation is 4. The zero-order valence-electron chi connectivity index (χ0n) is 43.3. The first kappa shape index (κ1) is 53.6. The maximum atomic E-state index is 14.0. The number of nitrogens with two attached hydrogens (primary N) is 2. The van der Waals surface area contributed by atoms with E-state index in [-0.39, 0.29) is 60.4 Å². The molecule has 1 saturated heterocycles. The van der Waals surface area contributed by atoms with Crippen LogP contribution in [-0.2, 0) is 40.6 Å². The Kier molecular flexibility index (Phi) is 16.7. The van der Waals surface area contributed by atoms with Gasteiger partial charge < -0.3 is 35.0 Å². The van der Waals surface area contributed by atoms with E-state index in [0.29, 0.717) is 134 Å². The molecule has 7 amide bonds. The number of imidazole rings is 2. The minimum absolute atomic E-state index is 0.0838. The van der Waals surface area contributed by atoms with Crippen molar-refractivity contribution in [3.8, 4) is 11.5 Å². The van der Waals surface area contributed by atoms with Gasteiger partial charge >= 0.3 is 0 Å². The number of ether oxygens (including phenoxy) is 2. The van der Waals surface area contributed by atoms with Gasteiger partial charge in [-0.25, -0.2) is 9.97 Å². The number of amides is 7. The van der Waals surface area contributed by atoms with Crippen LogP contribution >= 0.6 is 0 Å². The zero-order valence-corrected chi connectivity index (χ0v) is 43.3. The normalized spacial score (nSPS) is 14.0. The van der Waals surface area contributed by atoms with E-state index in [4.69, 9.17) is 30.9 Å². The number of allylic oxidation sites excluding steroid dienone is 2. The quantitative estimate of drug-likeness (QED) is 0.0381. The van der Waals surface area contributed by atoms with Crippen molar-refractivity contribution in [1.82, 2.24) is 53.4 Å². The van der Waals surface area contributed by atoms with Gasteiger partial charge in [-0.05, 0) is 83.4 Å². The summed E-state index contributed by atoms with van der Waals surface area (Å²) in [4.78, 5) is 104. The van der Waals surface area contributed by atoms with Crippen LogP contribution in [0.2, 0.25) is 0 Å². The monoisotopic (exact) mass is 1040 g/mol. The van der Waals surface area contributed by atoms with Gasteiger partial charge in [0.05, 0.1) is 36.1 Å². The van der Waals surface area contributed by atoms with Gasteiger partial charge in [-0.3, -0.25) is 63.4 Å². The molecule has 8 rings (SSSR count). The molecule has 4 aromatic heterocycles. The van der Waals surface area contributed by atoms with Gasteiger partial charge in [-0.1, -0.05) is 18.6 Å². The highest BCUT2D eigenvalue weighted by Gasteiger charge is 2.26. The topological polar surface area (TPSA) is 295 Å². The van der Waals surface area contributed by atoms with E-state index in [1.54, 1.807) is 56.6 Å². The summed E-state index contributed by atoms with van der Waals surface area (Å²) in [5.74, 6) is -1.88. The number of methoxy groups -OCH3 is 1. The molecule has 0 spiro atoms. The fourth-order valence-electron chi connectivity index (χ4n) is 9.41. The van der Waals surface area contributed by atoms with E-state index < -0.39 is 23.6 Å². The Labute approximate surface area is 437 Å². The van der Waals surface area contributed by atoms with Gasteiger partial charge in [0.2, 0.25) is 29.6 Å². The molecule has 6 aromatic rings. The average Bonchev–Trinajstić information content (AvgIpc) is 4.23. The fourth-order valence-corrected chi connectivity index (χ4v) is 9.41. The van der Waals surface area contributed by atoms with Crippen molar-refractivity contribution in [3.05, 3.63) is 94.6 Å². The minimum atomic E-state index is -0.697. The molecule has 6 heterocycles. The number of aromatic nitrogens is 8. The Hall–Kier alpha value is -8.67. The maximum absolute atomic E-state index is 14.0. The van der Waals surface area contributed by atoms with E-state index in [2.05, 4.69) is 25.7 Å². The number of primary amides is 2. The summed E-state index contributed by atoms with van der Waals surface area (Å²) < 4.78 is 18.9. The number of carbonyl (C=O) groups is 7. The van der Waals surface area contributed by atoms with Crippen LogP contribution in [0.1, 0.15) is 99.0 Å². The minimum Gasteiger partial charge on any atom is -0.494 e. The van der Waals surface area contributed by atoms with Crippen LogP contribution < -0.4 is 31.6 Å². The van der Waals surface area contributed by atoms with Crippen molar-refractivity contribution in [3.63, 3.8) is 0 Å². The standard InChI is InChI=1S/C52H63N15O9/c1-6-66-38(26-32(3)59-66)49(73)57-51-55-36-28-34(47(53)71)30-40(75-5)45(36)64(51)19-11-12-20-65-46-37(56-52(65)58-50(74)39-27-33(4)60-67(39)7-2)29-35(48(54)72)31-41(46)76-25-13-17-61-21-23-62(24-22-61)42(68)14-9-8-10-18-63-43(69)15-16-44(63)70/h11-12,15-16,26-31H,6-10,13-14,17-25H2,1-5H3,(H2,53,71)(H2,54,72)(H,55,57,73)(H,56,58,74). The molecule has 0 radical (unpaired) electrons. The van der Waals surface area contributed by atoms with Crippen LogP contribution in [0.5, 0.6) is 11.5 Å². The summed E-state index contributed by atoms with van der Waals surface area (Å²) in [6.45, 7) is 12.3. The number of nitrogens with zero attached hydrogens (tertiary/aromatic N) is 11. The second-order valence-corrected chi connectivity index (χ2v) is 18.5. The van der Waals surface area contributed by atoms with Crippen molar-refractivity contribution < 1.29 is 43.0 Å². The number of carbonyl (C=O) groups excluding carboxylic acids is 7. The number of unbranched alkanes of at least 4 members (excludes halogenated alkanes) is 2. The van der Waals surface area contributed by atoms with E-state index in [0.717, 1.165) is 6.42 Å². The lowest BCUT2D eigenvalue weighted by Gasteiger charge is -2.34. The summed E-state index contributed by atoms with van der Waals surface area (Å²) in [7, 11) is 1.45. The van der Waals surface area contributed by atoms with Gasteiger partial charge in [-0.2, -0.15) is 10.2 Å². The molecule has 76 heavy (non-hydrogen) atoms. The molecule has 0 aliphatic carbocycles. The predicted molar refractivity (Wildman–Crippen MR) is 281 cm³/mol. The number of benzene rings is 2. The lowest BCUT2D eigenvalue weighted by atomic mass is 10.1. The molecule has 0 saturated carbocycles. The van der Waals surface area contributed by atoms with Crippen molar-refractivity contribution in [2.75, 3.05) is 63.6 Å². The van der Waals surface area contributed by atoms with Crippen molar-refractivity contribution >= 4 is 75.3 Å². The molecular formula is C52H63N15O9. The fraction of sp³-hybridized carbons (Fsp3) is 0.404. The number of fused-ring (bicyclic) bond motifs is 2. The second kappa shape index (κ2) is 23.7. The Morgan fingerprint density at radius 3 is 1.67 bits per heavy atom. The number of rotatable bonds is 24. The molecule has 6 N–H and O–H groups in total. The number of hydrogen-bond donors (Lipinski definition) is 4. The van der Waals surface area contributed by atoms with Crippen molar-refractivity contribution in [1.29, 1.82) is 0 Å². The molecule has 24 nitrogen and oxygen atoms in total. The molecule has 1 fully saturated rings. The van der Waals surface area contributed by atoms with Gasteiger partial charge in [0.1, 0.15) is 33.9 Å². The smallest absolute Gasteiger partial charge is 0.276 e. The number of anilines is 2. The molecular weight excluding hydrogens is 979 g/mol. The summed E-state index contributed by atoms with van der Waals surface area (Å²) in [5.41, 5.74) is 15.5. The SMILES string of the molecule is CCn1nc(C)cc1C(=O)Nc1nc2cc(C(N)=O)cc(OC)c2n1CC=CCn1c(NC(=O)c2cc(C)nn2CC)nc2cc(C(N)=O)cc(OCCCN3CCN(C(=O)CCCCCN4C(=O)C=CC4=O)CC3)c21. The molecule has 0 atom stereocenters.